The van der Waals surface area contributed by atoms with Gasteiger partial charge in [0.2, 0.25) is 5.78 Å². The topological polar surface area (TPSA) is 95.0 Å². The molecular weight excluding hydrogens is 337 g/mol. The molecule has 23 heavy (non-hydrogen) atoms. The van der Waals surface area contributed by atoms with Crippen LogP contribution >= 0.6 is 0 Å². The first-order valence-corrected chi connectivity index (χ1v) is 7.22. The lowest BCUT2D eigenvalue weighted by Gasteiger charge is -2.14. The van der Waals surface area contributed by atoms with Gasteiger partial charge in [0, 0.05) is 23.2 Å². The van der Waals surface area contributed by atoms with Gasteiger partial charge in [-0.05, 0) is 36.2 Å². The fourth-order valence-corrected chi connectivity index (χ4v) is 2.68. The second-order valence-electron chi connectivity index (χ2n) is 4.75. The number of ketones is 1. The highest BCUT2D eigenvalue weighted by molar-refractivity contribution is 7.79. The lowest BCUT2D eigenvalue weighted by Crippen LogP contribution is -2.21. The molecule has 0 spiro atoms. The van der Waals surface area contributed by atoms with Gasteiger partial charge in [-0.25, -0.2) is 0 Å². The van der Waals surface area contributed by atoms with Crippen molar-refractivity contribution in [3.8, 4) is 0 Å². The van der Waals surface area contributed by atoms with E-state index in [2.05, 4.69) is 5.10 Å². The van der Waals surface area contributed by atoms with Gasteiger partial charge in [-0.15, -0.1) is 0 Å². The minimum absolute atomic E-state index is 0.185. The lowest BCUT2D eigenvalue weighted by molar-refractivity contribution is -0.137. The molecule has 1 heterocycles. The zero-order valence-corrected chi connectivity index (χ0v) is 12.7. The van der Waals surface area contributed by atoms with E-state index in [0.29, 0.717) is 12.1 Å². The summed E-state index contributed by atoms with van der Waals surface area (Å²) < 4.78 is 61.4. The lowest BCUT2D eigenvalue weighted by atomic mass is 10.0. The van der Waals surface area contributed by atoms with E-state index in [1.807, 2.05) is 0 Å². The van der Waals surface area contributed by atoms with Crippen LogP contribution in [0.5, 0.6) is 0 Å². The SMILES string of the molecule is Cc1[nH]n(C)c(=O)c1C(=O)c1ccc(C(F)(F)F)cc1S(=O)[O-]. The van der Waals surface area contributed by atoms with Crippen LogP contribution in [-0.4, -0.2) is 24.3 Å². The Morgan fingerprint density at radius 1 is 1.35 bits per heavy atom. The molecule has 0 amide bonds. The molecule has 1 aromatic carbocycles. The Morgan fingerprint density at radius 3 is 2.39 bits per heavy atom. The van der Waals surface area contributed by atoms with Crippen molar-refractivity contribution < 1.29 is 26.7 Å². The van der Waals surface area contributed by atoms with Crippen LogP contribution in [0.25, 0.3) is 0 Å². The van der Waals surface area contributed by atoms with E-state index in [1.165, 1.54) is 14.0 Å². The van der Waals surface area contributed by atoms with Crippen molar-refractivity contribution in [3.05, 3.63) is 50.9 Å². The third kappa shape index (κ3) is 3.13. The van der Waals surface area contributed by atoms with Crippen molar-refractivity contribution in [2.75, 3.05) is 0 Å². The van der Waals surface area contributed by atoms with E-state index >= 15 is 0 Å². The third-order valence-corrected chi connectivity index (χ3v) is 3.89. The van der Waals surface area contributed by atoms with Crippen molar-refractivity contribution in [1.82, 2.24) is 9.78 Å². The zero-order chi connectivity index (χ0) is 17.5. The van der Waals surface area contributed by atoms with Crippen LogP contribution in [0.15, 0.2) is 27.9 Å². The molecule has 0 bridgehead atoms. The molecule has 0 saturated heterocycles. The minimum atomic E-state index is -4.75. The molecule has 10 heteroatoms. The number of hydrogen-bond acceptors (Lipinski definition) is 4. The largest absolute Gasteiger partial charge is 0.768 e. The average Bonchev–Trinajstić information content (AvgIpc) is 2.69. The summed E-state index contributed by atoms with van der Waals surface area (Å²) in [7, 11) is 1.35. The zero-order valence-electron chi connectivity index (χ0n) is 11.9. The quantitative estimate of drug-likeness (QED) is 0.672. The van der Waals surface area contributed by atoms with Crippen LogP contribution in [0.3, 0.4) is 0 Å². The maximum absolute atomic E-state index is 12.7. The number of H-pyrrole nitrogens is 1. The van der Waals surface area contributed by atoms with E-state index in [4.69, 9.17) is 0 Å². The summed E-state index contributed by atoms with van der Waals surface area (Å²) in [6, 6.07) is 1.71. The highest BCUT2D eigenvalue weighted by Gasteiger charge is 2.32. The summed E-state index contributed by atoms with van der Waals surface area (Å²) in [5.41, 5.74) is -2.53. The number of nitrogens with zero attached hydrogens (tertiary/aromatic N) is 1. The minimum Gasteiger partial charge on any atom is -0.768 e. The van der Waals surface area contributed by atoms with E-state index in [9.17, 15) is 31.5 Å². The smallest absolute Gasteiger partial charge is 0.416 e. The fraction of sp³-hybridized carbons (Fsp3) is 0.231. The Kier molecular flexibility index (Phi) is 4.31. The molecule has 2 rings (SSSR count). The van der Waals surface area contributed by atoms with E-state index in [0.717, 1.165) is 10.7 Å². The maximum atomic E-state index is 12.7. The number of hydrogen-bond donors (Lipinski definition) is 1. The number of aromatic nitrogens is 2. The Morgan fingerprint density at radius 2 is 1.96 bits per heavy atom. The summed E-state index contributed by atoms with van der Waals surface area (Å²) in [6.07, 6.45) is -4.75. The predicted molar refractivity (Wildman–Crippen MR) is 72.8 cm³/mol. The van der Waals surface area contributed by atoms with Gasteiger partial charge < -0.3 is 4.55 Å². The van der Waals surface area contributed by atoms with Crippen molar-refractivity contribution in [2.45, 2.75) is 18.0 Å². The van der Waals surface area contributed by atoms with Gasteiger partial charge in [0.05, 0.1) is 5.56 Å². The van der Waals surface area contributed by atoms with E-state index in [1.54, 1.807) is 0 Å². The highest BCUT2D eigenvalue weighted by Crippen LogP contribution is 2.31. The third-order valence-electron chi connectivity index (χ3n) is 3.19. The molecule has 0 fully saturated rings. The van der Waals surface area contributed by atoms with Crippen molar-refractivity contribution in [3.63, 3.8) is 0 Å². The summed E-state index contributed by atoms with van der Waals surface area (Å²) in [5, 5.41) is 2.56. The molecule has 6 nitrogen and oxygen atoms in total. The number of rotatable bonds is 3. The Balaban J connectivity index is 2.66. The second kappa shape index (κ2) is 5.78. The molecule has 0 radical (unpaired) electrons. The molecule has 0 aliphatic rings. The van der Waals surface area contributed by atoms with Crippen molar-refractivity contribution in [1.29, 1.82) is 0 Å². The molecule has 0 aliphatic heterocycles. The Bertz CT molecular complexity index is 867. The Labute approximate surface area is 130 Å². The summed E-state index contributed by atoms with van der Waals surface area (Å²) in [5.74, 6) is -0.961. The number of alkyl halides is 3. The molecule has 1 unspecified atom stereocenters. The molecule has 1 N–H and O–H groups in total. The van der Waals surface area contributed by atoms with Crippen LogP contribution in [0.4, 0.5) is 13.2 Å². The number of benzene rings is 1. The van der Waals surface area contributed by atoms with Crippen LogP contribution in [0.2, 0.25) is 0 Å². The van der Waals surface area contributed by atoms with Crippen LogP contribution < -0.4 is 5.56 Å². The van der Waals surface area contributed by atoms with Gasteiger partial charge in [-0.3, -0.25) is 23.6 Å². The average molecular weight is 347 g/mol. The number of halogens is 3. The predicted octanol–water partition coefficient (Wildman–Crippen LogP) is 1.51. The van der Waals surface area contributed by atoms with E-state index in [-0.39, 0.29) is 11.3 Å². The summed E-state index contributed by atoms with van der Waals surface area (Å²) in [6.45, 7) is 1.42. The maximum Gasteiger partial charge on any atom is 0.416 e. The summed E-state index contributed by atoms with van der Waals surface area (Å²) in [4.78, 5) is 23.5. The van der Waals surface area contributed by atoms with Crippen molar-refractivity contribution >= 4 is 16.9 Å². The number of aromatic amines is 1. The molecule has 124 valence electrons. The van der Waals surface area contributed by atoms with Gasteiger partial charge in [0.25, 0.3) is 5.56 Å². The Hall–Kier alpha value is -2.20. The summed E-state index contributed by atoms with van der Waals surface area (Å²) >= 11 is -3.08. The van der Waals surface area contributed by atoms with Crippen LogP contribution in [-0.2, 0) is 24.3 Å². The number of nitrogens with one attached hydrogen (secondary N) is 1. The molecule has 0 saturated carbocycles. The standard InChI is InChI=1S/C13H11F3N2O4S/c1-6-10(12(20)18(2)17-6)11(19)8-4-3-7(13(14,15)16)5-9(8)23(21)22/h3-5,17H,1-2H3,(H,21,22)/p-1. The van der Waals surface area contributed by atoms with Crippen LogP contribution in [0.1, 0.15) is 27.2 Å². The van der Waals surface area contributed by atoms with Crippen LogP contribution in [0, 0.1) is 6.92 Å². The molecule has 0 aliphatic carbocycles. The first-order chi connectivity index (χ1) is 10.5. The molecular formula is C13H10F3N2O4S-. The van der Waals surface area contributed by atoms with E-state index < -0.39 is 44.6 Å². The highest BCUT2D eigenvalue weighted by atomic mass is 32.2. The number of carbonyl (C=O) groups excluding carboxylic acids is 1. The first kappa shape index (κ1) is 17.2. The van der Waals surface area contributed by atoms with Gasteiger partial charge in [0.15, 0.2) is 0 Å². The number of carbonyl (C=O) groups is 1. The first-order valence-electron chi connectivity index (χ1n) is 6.15. The molecule has 1 atom stereocenters. The normalized spacial score (nSPS) is 13.1. The van der Waals surface area contributed by atoms with Gasteiger partial charge in [0.1, 0.15) is 5.56 Å². The molecule has 1 aromatic heterocycles. The monoisotopic (exact) mass is 347 g/mol. The molecule has 2 aromatic rings. The van der Waals surface area contributed by atoms with Crippen molar-refractivity contribution in [2.24, 2.45) is 7.05 Å². The van der Waals surface area contributed by atoms with Gasteiger partial charge >= 0.3 is 6.18 Å². The fourth-order valence-electron chi connectivity index (χ4n) is 2.11. The second-order valence-corrected chi connectivity index (χ2v) is 5.66. The van der Waals surface area contributed by atoms with Gasteiger partial charge in [-0.2, -0.15) is 13.2 Å². The van der Waals surface area contributed by atoms with Gasteiger partial charge in [-0.1, -0.05) is 0 Å². The number of aryl methyl sites for hydroxylation is 2.